The zero-order chi connectivity index (χ0) is 10.8. The third-order valence-electron chi connectivity index (χ3n) is 2.50. The highest BCUT2D eigenvalue weighted by Crippen LogP contribution is 2.10. The molecule has 2 aromatic heterocycles. The minimum Gasteiger partial charge on any atom is -0.257 e. The van der Waals surface area contributed by atoms with Crippen LogP contribution in [0.2, 0.25) is 0 Å². The first-order valence-electron chi connectivity index (χ1n) is 5.09. The summed E-state index contributed by atoms with van der Waals surface area (Å²) >= 11 is 0. The van der Waals surface area contributed by atoms with Gasteiger partial charge in [0.2, 0.25) is 0 Å². The molecule has 4 nitrogen and oxygen atoms in total. The smallest absolute Gasteiger partial charge is 0.116 e. The van der Waals surface area contributed by atoms with E-state index in [-0.39, 0.29) is 0 Å². The lowest BCUT2D eigenvalue weighted by atomic mass is 10.2. The van der Waals surface area contributed by atoms with Gasteiger partial charge in [0.1, 0.15) is 17.4 Å². The first-order chi connectivity index (χ1) is 7.93. The topological polar surface area (TPSA) is 43.6 Å². The van der Waals surface area contributed by atoms with Crippen LogP contribution in [0.3, 0.4) is 0 Å². The summed E-state index contributed by atoms with van der Waals surface area (Å²) in [5.41, 5.74) is 3.06. The van der Waals surface area contributed by atoms with Crippen LogP contribution in [-0.4, -0.2) is 19.7 Å². The SMILES string of the molecule is c1ccc(Cn2ncc3ncncc32)cc1. The second-order valence-electron chi connectivity index (χ2n) is 3.58. The maximum Gasteiger partial charge on any atom is 0.116 e. The van der Waals surface area contributed by atoms with E-state index in [2.05, 4.69) is 27.2 Å². The molecule has 0 atom stereocenters. The second kappa shape index (κ2) is 3.73. The van der Waals surface area contributed by atoms with Crippen molar-refractivity contribution in [2.24, 2.45) is 0 Å². The van der Waals surface area contributed by atoms with E-state index in [9.17, 15) is 0 Å². The van der Waals surface area contributed by atoms with Gasteiger partial charge in [0, 0.05) is 0 Å². The molecule has 0 amide bonds. The van der Waals surface area contributed by atoms with Crippen molar-refractivity contribution in [2.75, 3.05) is 0 Å². The van der Waals surface area contributed by atoms with E-state index in [1.165, 1.54) is 11.9 Å². The Morgan fingerprint density at radius 1 is 1.06 bits per heavy atom. The van der Waals surface area contributed by atoms with Crippen LogP contribution in [0.1, 0.15) is 5.56 Å². The molecule has 0 fully saturated rings. The van der Waals surface area contributed by atoms with Crippen molar-refractivity contribution in [1.82, 2.24) is 19.7 Å². The first-order valence-corrected chi connectivity index (χ1v) is 5.09. The summed E-state index contributed by atoms with van der Waals surface area (Å²) in [7, 11) is 0. The molecule has 0 radical (unpaired) electrons. The maximum absolute atomic E-state index is 4.30. The molecule has 0 unspecified atom stereocenters. The molecule has 3 rings (SSSR count). The molecule has 3 aromatic rings. The molecule has 0 bridgehead atoms. The molecule has 0 saturated heterocycles. The Morgan fingerprint density at radius 2 is 1.94 bits per heavy atom. The van der Waals surface area contributed by atoms with Gasteiger partial charge in [0.05, 0.1) is 18.9 Å². The number of benzene rings is 1. The Labute approximate surface area is 92.6 Å². The minimum atomic E-state index is 0.748. The normalized spacial score (nSPS) is 10.8. The Bertz CT molecular complexity index is 600. The zero-order valence-corrected chi connectivity index (χ0v) is 8.61. The van der Waals surface area contributed by atoms with Gasteiger partial charge in [-0.25, -0.2) is 9.97 Å². The third-order valence-corrected chi connectivity index (χ3v) is 2.50. The monoisotopic (exact) mass is 210 g/mol. The lowest BCUT2D eigenvalue weighted by Gasteiger charge is -2.02. The van der Waals surface area contributed by atoms with Gasteiger partial charge in [-0.3, -0.25) is 4.68 Å². The van der Waals surface area contributed by atoms with Crippen LogP contribution in [0.15, 0.2) is 49.1 Å². The van der Waals surface area contributed by atoms with E-state index in [1.54, 1.807) is 12.4 Å². The fourth-order valence-electron chi connectivity index (χ4n) is 1.70. The van der Waals surface area contributed by atoms with Gasteiger partial charge in [-0.05, 0) is 5.56 Å². The molecule has 0 aliphatic carbocycles. The molecule has 0 N–H and O–H groups in total. The summed E-state index contributed by atoms with van der Waals surface area (Å²) in [6, 6.07) is 10.2. The van der Waals surface area contributed by atoms with Gasteiger partial charge in [0.25, 0.3) is 0 Å². The van der Waals surface area contributed by atoms with Gasteiger partial charge in [-0.1, -0.05) is 30.3 Å². The Balaban J connectivity index is 2.01. The summed E-state index contributed by atoms with van der Waals surface area (Å²) in [6.45, 7) is 0.748. The van der Waals surface area contributed by atoms with Crippen molar-refractivity contribution in [3.05, 3.63) is 54.6 Å². The van der Waals surface area contributed by atoms with Crippen molar-refractivity contribution in [2.45, 2.75) is 6.54 Å². The molecule has 0 aliphatic heterocycles. The lowest BCUT2D eigenvalue weighted by molar-refractivity contribution is 0.711. The number of hydrogen-bond donors (Lipinski definition) is 0. The van der Waals surface area contributed by atoms with Crippen LogP contribution in [0, 0.1) is 0 Å². The molecule has 2 heterocycles. The van der Waals surface area contributed by atoms with Crippen LogP contribution < -0.4 is 0 Å². The first kappa shape index (κ1) is 9.03. The highest BCUT2D eigenvalue weighted by molar-refractivity contribution is 5.72. The number of fused-ring (bicyclic) bond motifs is 1. The number of nitrogens with zero attached hydrogens (tertiary/aromatic N) is 4. The van der Waals surface area contributed by atoms with Gasteiger partial charge in [-0.2, -0.15) is 5.10 Å². The van der Waals surface area contributed by atoms with E-state index >= 15 is 0 Å². The largest absolute Gasteiger partial charge is 0.257 e. The van der Waals surface area contributed by atoms with Crippen LogP contribution in [-0.2, 0) is 6.54 Å². The van der Waals surface area contributed by atoms with Crippen LogP contribution in [0.4, 0.5) is 0 Å². The highest BCUT2D eigenvalue weighted by atomic mass is 15.3. The Morgan fingerprint density at radius 3 is 2.81 bits per heavy atom. The molecule has 16 heavy (non-hydrogen) atoms. The van der Waals surface area contributed by atoms with Crippen molar-refractivity contribution < 1.29 is 0 Å². The number of aromatic nitrogens is 4. The Hall–Kier alpha value is -2.23. The van der Waals surface area contributed by atoms with E-state index < -0.39 is 0 Å². The average Bonchev–Trinajstić information content (AvgIpc) is 2.74. The van der Waals surface area contributed by atoms with Gasteiger partial charge in [0.15, 0.2) is 0 Å². The fraction of sp³-hybridized carbons (Fsp3) is 0.0833. The van der Waals surface area contributed by atoms with Crippen LogP contribution in [0.5, 0.6) is 0 Å². The highest BCUT2D eigenvalue weighted by Gasteiger charge is 2.03. The van der Waals surface area contributed by atoms with E-state index in [1.807, 2.05) is 22.9 Å². The summed E-state index contributed by atoms with van der Waals surface area (Å²) < 4.78 is 1.91. The molecule has 0 aliphatic rings. The number of hydrogen-bond acceptors (Lipinski definition) is 3. The maximum atomic E-state index is 4.30. The Kier molecular flexibility index (Phi) is 2.11. The molecule has 4 heteroatoms. The van der Waals surface area contributed by atoms with Crippen molar-refractivity contribution in [3.63, 3.8) is 0 Å². The predicted molar refractivity (Wildman–Crippen MR) is 60.9 cm³/mol. The molecule has 0 saturated carbocycles. The van der Waals surface area contributed by atoms with Gasteiger partial charge < -0.3 is 0 Å². The van der Waals surface area contributed by atoms with Crippen LogP contribution >= 0.6 is 0 Å². The van der Waals surface area contributed by atoms with Crippen molar-refractivity contribution >= 4 is 11.0 Å². The van der Waals surface area contributed by atoms with E-state index in [0.29, 0.717) is 0 Å². The number of rotatable bonds is 2. The quantitative estimate of drug-likeness (QED) is 0.648. The molecule has 78 valence electrons. The molecular weight excluding hydrogens is 200 g/mol. The van der Waals surface area contributed by atoms with E-state index in [0.717, 1.165) is 17.6 Å². The fourth-order valence-corrected chi connectivity index (χ4v) is 1.70. The summed E-state index contributed by atoms with van der Waals surface area (Å²) in [6.07, 6.45) is 5.09. The molecular formula is C12H10N4. The average molecular weight is 210 g/mol. The summed E-state index contributed by atoms with van der Waals surface area (Å²) in [5, 5.41) is 4.30. The predicted octanol–water partition coefficient (Wildman–Crippen LogP) is 1.87. The zero-order valence-electron chi connectivity index (χ0n) is 8.61. The molecule has 0 spiro atoms. The van der Waals surface area contributed by atoms with Crippen molar-refractivity contribution in [3.8, 4) is 0 Å². The summed E-state index contributed by atoms with van der Waals surface area (Å²) in [4.78, 5) is 8.16. The van der Waals surface area contributed by atoms with Crippen LogP contribution in [0.25, 0.3) is 11.0 Å². The second-order valence-corrected chi connectivity index (χ2v) is 3.58. The van der Waals surface area contributed by atoms with Gasteiger partial charge >= 0.3 is 0 Å². The standard InChI is InChI=1S/C12H10N4/c1-2-4-10(5-3-1)8-16-12-7-13-9-14-11(12)6-15-16/h1-7,9H,8H2. The van der Waals surface area contributed by atoms with Crippen molar-refractivity contribution in [1.29, 1.82) is 0 Å². The lowest BCUT2D eigenvalue weighted by Crippen LogP contribution is -2.01. The third kappa shape index (κ3) is 1.54. The minimum absolute atomic E-state index is 0.748. The molecule has 1 aromatic carbocycles. The van der Waals surface area contributed by atoms with Gasteiger partial charge in [-0.15, -0.1) is 0 Å². The summed E-state index contributed by atoms with van der Waals surface area (Å²) in [5.74, 6) is 0. The van der Waals surface area contributed by atoms with E-state index in [4.69, 9.17) is 0 Å².